The lowest BCUT2D eigenvalue weighted by Crippen LogP contribution is -2.31. The summed E-state index contributed by atoms with van der Waals surface area (Å²) in [5, 5.41) is 8.26. The molecule has 0 rings (SSSR count). The van der Waals surface area contributed by atoms with Crippen LogP contribution >= 0.6 is 0 Å². The van der Waals surface area contributed by atoms with Gasteiger partial charge >= 0.3 is 5.97 Å². The Labute approximate surface area is 58.1 Å². The van der Waals surface area contributed by atoms with Gasteiger partial charge in [0.05, 0.1) is 0 Å². The number of carboxylic acids is 1. The highest BCUT2D eigenvalue weighted by atomic mass is 19.2. The zero-order valence-corrected chi connectivity index (χ0v) is 5.51. The van der Waals surface area contributed by atoms with Crippen LogP contribution in [0, 0.1) is 0 Å². The monoisotopic (exact) mass is 150 g/mol. The summed E-state index contributed by atoms with van der Waals surface area (Å²) in [7, 11) is 0. The van der Waals surface area contributed by atoms with E-state index in [0.717, 1.165) is 0 Å². The van der Waals surface area contributed by atoms with Crippen LogP contribution in [-0.2, 0) is 4.79 Å². The van der Waals surface area contributed by atoms with E-state index in [0.29, 0.717) is 13.0 Å². The van der Waals surface area contributed by atoms with Gasteiger partial charge in [0.2, 0.25) is 0 Å². The summed E-state index contributed by atoms with van der Waals surface area (Å²) in [6.07, 6.45) is 0.732. The van der Waals surface area contributed by atoms with Crippen LogP contribution in [0.4, 0.5) is 4.48 Å². The molecule has 0 aliphatic heterocycles. The van der Waals surface area contributed by atoms with Crippen LogP contribution in [0.15, 0.2) is 0 Å². The Bertz CT molecular complexity index is 110. The molecule has 0 fully saturated rings. The van der Waals surface area contributed by atoms with Crippen molar-refractivity contribution in [3.63, 3.8) is 0 Å². The standard InChI is InChI=1S/C5H11FN2O2/c6-8-4(5(9)10)2-1-3-7/h4,8H,1-3,7H2,(H,9,10)/t4-/m0/s1. The zero-order valence-electron chi connectivity index (χ0n) is 5.51. The lowest BCUT2D eigenvalue weighted by molar-refractivity contribution is -0.141. The van der Waals surface area contributed by atoms with E-state index in [4.69, 9.17) is 10.8 Å². The molecule has 0 unspecified atom stereocenters. The van der Waals surface area contributed by atoms with Crippen LogP contribution in [0.5, 0.6) is 0 Å². The molecular weight excluding hydrogens is 139 g/mol. The number of rotatable bonds is 5. The molecule has 0 heterocycles. The number of hydrogen-bond donors (Lipinski definition) is 3. The fourth-order valence-electron chi connectivity index (χ4n) is 0.547. The second-order valence-corrected chi connectivity index (χ2v) is 1.93. The Kier molecular flexibility index (Phi) is 4.78. The van der Waals surface area contributed by atoms with E-state index in [1.165, 1.54) is 5.54 Å². The van der Waals surface area contributed by atoms with Gasteiger partial charge in [0.15, 0.2) is 0 Å². The molecule has 4 nitrogen and oxygen atoms in total. The highest BCUT2D eigenvalue weighted by Crippen LogP contribution is 1.95. The minimum Gasteiger partial charge on any atom is -0.480 e. The topological polar surface area (TPSA) is 75.3 Å². The van der Waals surface area contributed by atoms with Crippen LogP contribution in [0.2, 0.25) is 0 Å². The summed E-state index contributed by atoms with van der Waals surface area (Å²) in [6, 6.07) is -1.11. The number of nitrogens with one attached hydrogen (secondary N) is 1. The molecule has 0 bridgehead atoms. The summed E-state index contributed by atoms with van der Waals surface area (Å²) < 4.78 is 11.6. The molecule has 0 aromatic heterocycles. The Balaban J connectivity index is 3.50. The number of hydrogen-bond acceptors (Lipinski definition) is 3. The lowest BCUT2D eigenvalue weighted by atomic mass is 10.2. The fraction of sp³-hybridized carbons (Fsp3) is 0.800. The summed E-state index contributed by atoms with van der Waals surface area (Å²) in [5.41, 5.74) is 6.27. The minimum atomic E-state index is -1.18. The first-order chi connectivity index (χ1) is 4.72. The number of carbonyl (C=O) groups is 1. The molecule has 0 saturated carbocycles. The predicted molar refractivity (Wildman–Crippen MR) is 34.0 cm³/mol. The van der Waals surface area contributed by atoms with Gasteiger partial charge in [0, 0.05) is 0 Å². The molecule has 0 radical (unpaired) electrons. The third-order valence-electron chi connectivity index (χ3n) is 1.13. The molecule has 0 aromatic rings. The second kappa shape index (κ2) is 5.13. The fourth-order valence-corrected chi connectivity index (χ4v) is 0.547. The van der Waals surface area contributed by atoms with Crippen molar-refractivity contribution in [3.05, 3.63) is 0 Å². The smallest absolute Gasteiger partial charge is 0.323 e. The van der Waals surface area contributed by atoms with Gasteiger partial charge in [-0.25, -0.2) is 0 Å². The van der Waals surface area contributed by atoms with Crippen molar-refractivity contribution >= 4 is 5.97 Å². The molecule has 0 aromatic carbocycles. The molecule has 0 aliphatic carbocycles. The van der Waals surface area contributed by atoms with Gasteiger partial charge in [-0.2, -0.15) is 0 Å². The molecule has 0 amide bonds. The maximum Gasteiger partial charge on any atom is 0.323 e. The summed E-state index contributed by atoms with van der Waals surface area (Å²) >= 11 is 0. The quantitative estimate of drug-likeness (QED) is 0.468. The molecule has 4 N–H and O–H groups in total. The van der Waals surface area contributed by atoms with Gasteiger partial charge < -0.3 is 10.8 Å². The normalized spacial score (nSPS) is 13.0. The van der Waals surface area contributed by atoms with Crippen LogP contribution < -0.4 is 11.3 Å². The van der Waals surface area contributed by atoms with Gasteiger partial charge in [-0.3, -0.25) is 4.79 Å². The largest absolute Gasteiger partial charge is 0.480 e. The number of carboxylic acid groups (broad SMARTS) is 1. The number of aliphatic carboxylic acids is 1. The zero-order chi connectivity index (χ0) is 7.98. The maximum absolute atomic E-state index is 11.6. The Morgan fingerprint density at radius 1 is 1.80 bits per heavy atom. The van der Waals surface area contributed by atoms with Crippen molar-refractivity contribution in [1.82, 2.24) is 5.54 Å². The summed E-state index contributed by atoms with van der Waals surface area (Å²) in [6.45, 7) is 0.380. The van der Waals surface area contributed by atoms with Gasteiger partial charge in [-0.1, -0.05) is 0 Å². The van der Waals surface area contributed by atoms with Gasteiger partial charge in [0.1, 0.15) is 6.04 Å². The van der Waals surface area contributed by atoms with Crippen molar-refractivity contribution in [3.8, 4) is 0 Å². The van der Waals surface area contributed by atoms with Crippen molar-refractivity contribution in [2.24, 2.45) is 5.73 Å². The van der Waals surface area contributed by atoms with Gasteiger partial charge in [-0.05, 0) is 19.4 Å². The van der Waals surface area contributed by atoms with Gasteiger partial charge in [-0.15, -0.1) is 10.0 Å². The first-order valence-electron chi connectivity index (χ1n) is 3.01. The average molecular weight is 150 g/mol. The van der Waals surface area contributed by atoms with Crippen molar-refractivity contribution in [1.29, 1.82) is 0 Å². The van der Waals surface area contributed by atoms with Gasteiger partial charge in [0.25, 0.3) is 0 Å². The van der Waals surface area contributed by atoms with E-state index in [-0.39, 0.29) is 6.42 Å². The first kappa shape index (κ1) is 9.32. The first-order valence-corrected chi connectivity index (χ1v) is 3.01. The number of nitrogens with two attached hydrogens (primary N) is 1. The molecule has 0 saturated heterocycles. The van der Waals surface area contributed by atoms with E-state index in [9.17, 15) is 9.28 Å². The van der Waals surface area contributed by atoms with Crippen LogP contribution in [0.25, 0.3) is 0 Å². The molecule has 0 aliphatic rings. The molecule has 1 atom stereocenters. The van der Waals surface area contributed by atoms with Crippen LogP contribution in [0.3, 0.4) is 0 Å². The predicted octanol–water partition coefficient (Wildman–Crippen LogP) is -0.347. The average Bonchev–Trinajstić information content (AvgIpc) is 1.89. The highest BCUT2D eigenvalue weighted by Gasteiger charge is 2.14. The Morgan fingerprint density at radius 3 is 2.70 bits per heavy atom. The highest BCUT2D eigenvalue weighted by molar-refractivity contribution is 5.73. The Morgan fingerprint density at radius 2 is 2.40 bits per heavy atom. The van der Waals surface area contributed by atoms with Crippen molar-refractivity contribution in [2.75, 3.05) is 6.54 Å². The SMILES string of the molecule is NCCC[C@H](NF)C(=O)O. The summed E-state index contributed by atoms with van der Waals surface area (Å²) in [4.78, 5) is 10.1. The molecule has 60 valence electrons. The Hall–Kier alpha value is -0.680. The van der Waals surface area contributed by atoms with Crippen LogP contribution in [0.1, 0.15) is 12.8 Å². The second-order valence-electron chi connectivity index (χ2n) is 1.93. The third kappa shape index (κ3) is 3.37. The maximum atomic E-state index is 11.6. The molecule has 0 spiro atoms. The van der Waals surface area contributed by atoms with Crippen LogP contribution in [-0.4, -0.2) is 23.7 Å². The summed E-state index contributed by atoms with van der Waals surface area (Å²) in [5.74, 6) is -1.18. The third-order valence-corrected chi connectivity index (χ3v) is 1.13. The van der Waals surface area contributed by atoms with E-state index in [1.54, 1.807) is 0 Å². The van der Waals surface area contributed by atoms with E-state index >= 15 is 0 Å². The van der Waals surface area contributed by atoms with E-state index in [1.807, 2.05) is 0 Å². The number of halogens is 1. The van der Waals surface area contributed by atoms with Crippen molar-refractivity contribution < 1.29 is 14.4 Å². The van der Waals surface area contributed by atoms with Crippen molar-refractivity contribution in [2.45, 2.75) is 18.9 Å². The molecule has 5 heteroatoms. The lowest BCUT2D eigenvalue weighted by Gasteiger charge is -2.05. The minimum absolute atomic E-state index is 0.225. The molecular formula is C5H11FN2O2. The molecule has 10 heavy (non-hydrogen) atoms. The van der Waals surface area contributed by atoms with E-state index in [2.05, 4.69) is 0 Å². The van der Waals surface area contributed by atoms with E-state index < -0.39 is 12.0 Å².